The molecule has 1 aliphatic heterocycles. The molecule has 4 nitrogen and oxygen atoms in total. The zero-order valence-corrected chi connectivity index (χ0v) is 15.4. The third-order valence-electron chi connectivity index (χ3n) is 4.66. The Bertz CT molecular complexity index is 701. The van der Waals surface area contributed by atoms with Crippen LogP contribution in [0.25, 0.3) is 0 Å². The first-order valence-corrected chi connectivity index (χ1v) is 9.03. The summed E-state index contributed by atoms with van der Waals surface area (Å²) in [5.41, 5.74) is 2.79. The van der Waals surface area contributed by atoms with Crippen LogP contribution < -0.4 is 5.32 Å². The molecule has 0 fully saturated rings. The molecule has 0 bridgehead atoms. The van der Waals surface area contributed by atoms with Crippen molar-refractivity contribution in [3.8, 4) is 0 Å². The molecule has 1 amide bonds. The van der Waals surface area contributed by atoms with Crippen molar-refractivity contribution >= 4 is 5.91 Å². The lowest BCUT2D eigenvalue weighted by molar-refractivity contribution is -0.123. The maximum absolute atomic E-state index is 12.3. The Morgan fingerprint density at radius 3 is 2.64 bits per heavy atom. The van der Waals surface area contributed by atoms with Gasteiger partial charge >= 0.3 is 0 Å². The van der Waals surface area contributed by atoms with Crippen LogP contribution in [0.3, 0.4) is 0 Å². The van der Waals surface area contributed by atoms with E-state index in [1.165, 1.54) is 11.1 Å². The van der Waals surface area contributed by atoms with Crippen LogP contribution in [0.5, 0.6) is 0 Å². The van der Waals surface area contributed by atoms with E-state index in [1.807, 2.05) is 12.1 Å². The van der Waals surface area contributed by atoms with Crippen LogP contribution in [-0.4, -0.2) is 23.9 Å². The quantitative estimate of drug-likeness (QED) is 0.897. The van der Waals surface area contributed by atoms with Crippen molar-refractivity contribution in [1.82, 2.24) is 10.2 Å². The highest BCUT2D eigenvalue weighted by atomic mass is 16.3. The van der Waals surface area contributed by atoms with Crippen LogP contribution in [0.2, 0.25) is 0 Å². The first kappa shape index (κ1) is 17.7. The van der Waals surface area contributed by atoms with Gasteiger partial charge in [-0.15, -0.1) is 0 Å². The summed E-state index contributed by atoms with van der Waals surface area (Å²) in [4.78, 5) is 14.7. The highest BCUT2D eigenvalue weighted by molar-refractivity contribution is 5.76. The van der Waals surface area contributed by atoms with Crippen LogP contribution in [0, 0.1) is 5.41 Å². The number of benzene rings is 1. The fraction of sp³-hybridized carbons (Fsp3) is 0.476. The largest absolute Gasteiger partial charge is 0.468 e. The molecule has 25 heavy (non-hydrogen) atoms. The van der Waals surface area contributed by atoms with Gasteiger partial charge in [0.15, 0.2) is 0 Å². The molecule has 0 spiro atoms. The van der Waals surface area contributed by atoms with E-state index in [-0.39, 0.29) is 17.4 Å². The molecule has 1 N–H and O–H groups in total. The van der Waals surface area contributed by atoms with E-state index >= 15 is 0 Å². The van der Waals surface area contributed by atoms with Gasteiger partial charge in [0.1, 0.15) is 5.76 Å². The number of carbonyl (C=O) groups excluding carboxylic acids is 1. The van der Waals surface area contributed by atoms with Crippen molar-refractivity contribution in [1.29, 1.82) is 0 Å². The Hall–Kier alpha value is -2.07. The molecule has 2 heterocycles. The second kappa shape index (κ2) is 7.44. The molecule has 0 unspecified atom stereocenters. The fourth-order valence-electron chi connectivity index (χ4n) is 3.43. The number of amides is 1. The van der Waals surface area contributed by atoms with E-state index in [1.54, 1.807) is 6.26 Å². The van der Waals surface area contributed by atoms with Gasteiger partial charge in [0, 0.05) is 26.1 Å². The Labute approximate surface area is 150 Å². The summed E-state index contributed by atoms with van der Waals surface area (Å²) >= 11 is 0. The minimum Gasteiger partial charge on any atom is -0.468 e. The lowest BCUT2D eigenvalue weighted by Crippen LogP contribution is -2.41. The van der Waals surface area contributed by atoms with Gasteiger partial charge in [-0.1, -0.05) is 45.0 Å². The molecule has 1 aromatic heterocycles. The van der Waals surface area contributed by atoms with Gasteiger partial charge in [-0.3, -0.25) is 9.69 Å². The van der Waals surface area contributed by atoms with Gasteiger partial charge in [0.25, 0.3) is 0 Å². The molecule has 0 aliphatic carbocycles. The lowest BCUT2D eigenvalue weighted by Gasteiger charge is -2.34. The Kier molecular flexibility index (Phi) is 5.28. The number of carbonyl (C=O) groups is 1. The first-order chi connectivity index (χ1) is 11.9. The number of fused-ring (bicyclic) bond motifs is 1. The second-order valence-electron chi connectivity index (χ2n) is 8.06. The Morgan fingerprint density at radius 2 is 1.96 bits per heavy atom. The Morgan fingerprint density at radius 1 is 1.20 bits per heavy atom. The average molecular weight is 340 g/mol. The monoisotopic (exact) mass is 340 g/mol. The van der Waals surface area contributed by atoms with Crippen LogP contribution in [-0.2, 0) is 17.8 Å². The van der Waals surface area contributed by atoms with Crippen molar-refractivity contribution in [2.45, 2.75) is 46.2 Å². The molecule has 134 valence electrons. The Balaban J connectivity index is 1.70. The van der Waals surface area contributed by atoms with Gasteiger partial charge < -0.3 is 9.73 Å². The third kappa shape index (κ3) is 4.73. The van der Waals surface area contributed by atoms with Crippen LogP contribution >= 0.6 is 0 Å². The summed E-state index contributed by atoms with van der Waals surface area (Å²) < 4.78 is 5.68. The molecule has 3 rings (SSSR count). The number of rotatable bonds is 5. The summed E-state index contributed by atoms with van der Waals surface area (Å²) in [5, 5.41) is 3.11. The predicted molar refractivity (Wildman–Crippen MR) is 99.1 cm³/mol. The van der Waals surface area contributed by atoms with Gasteiger partial charge in [-0.25, -0.2) is 0 Å². The number of nitrogens with zero attached hydrogens (tertiary/aromatic N) is 1. The van der Waals surface area contributed by atoms with E-state index < -0.39 is 0 Å². The minimum atomic E-state index is -0.00563. The minimum absolute atomic E-state index is 0.00563. The topological polar surface area (TPSA) is 45.5 Å². The number of hydrogen-bond donors (Lipinski definition) is 1. The van der Waals surface area contributed by atoms with Gasteiger partial charge in [0.05, 0.1) is 12.3 Å². The van der Waals surface area contributed by atoms with Gasteiger partial charge in [-0.05, 0) is 35.1 Å². The number of nitrogens with one attached hydrogen (secondary N) is 1. The lowest BCUT2D eigenvalue weighted by atomic mass is 9.92. The smallest absolute Gasteiger partial charge is 0.220 e. The maximum atomic E-state index is 12.3. The molecular formula is C21H28N2O2. The van der Waals surface area contributed by atoms with Crippen molar-refractivity contribution in [3.05, 3.63) is 59.5 Å². The zero-order chi connectivity index (χ0) is 17.9. The summed E-state index contributed by atoms with van der Waals surface area (Å²) in [5.74, 6) is 1.01. The van der Waals surface area contributed by atoms with E-state index in [9.17, 15) is 4.79 Å². The standard InChI is InChI=1S/C21H28N2O2/c1-21(2,3)13-20(24)22-14-18(19-9-6-12-25-19)23-11-10-16-7-4-5-8-17(16)15-23/h4-9,12,18H,10-11,13-15H2,1-3H3,(H,22,24)/t18-/m0/s1. The van der Waals surface area contributed by atoms with Crippen LogP contribution in [0.4, 0.5) is 0 Å². The van der Waals surface area contributed by atoms with E-state index in [2.05, 4.69) is 55.3 Å². The van der Waals surface area contributed by atoms with Crippen LogP contribution in [0.1, 0.15) is 50.1 Å². The number of hydrogen-bond acceptors (Lipinski definition) is 3. The average Bonchev–Trinajstić information content (AvgIpc) is 3.07. The second-order valence-corrected chi connectivity index (χ2v) is 8.06. The van der Waals surface area contributed by atoms with Crippen molar-refractivity contribution in [2.24, 2.45) is 5.41 Å². The van der Waals surface area contributed by atoms with E-state index in [0.29, 0.717) is 13.0 Å². The molecule has 2 aromatic rings. The molecule has 0 saturated carbocycles. The molecule has 4 heteroatoms. The molecule has 1 atom stereocenters. The maximum Gasteiger partial charge on any atom is 0.220 e. The van der Waals surface area contributed by atoms with Crippen LogP contribution in [0.15, 0.2) is 47.1 Å². The highest BCUT2D eigenvalue weighted by Gasteiger charge is 2.27. The fourth-order valence-corrected chi connectivity index (χ4v) is 3.43. The van der Waals surface area contributed by atoms with E-state index in [4.69, 9.17) is 4.42 Å². The summed E-state index contributed by atoms with van der Waals surface area (Å²) in [7, 11) is 0. The van der Waals surface area contributed by atoms with Gasteiger partial charge in [0.2, 0.25) is 5.91 Å². The summed E-state index contributed by atoms with van der Waals surface area (Å²) in [6, 6.07) is 12.6. The SMILES string of the molecule is CC(C)(C)CC(=O)NC[C@@H](c1ccco1)N1CCc2ccccc2C1. The van der Waals surface area contributed by atoms with Crippen molar-refractivity contribution in [3.63, 3.8) is 0 Å². The first-order valence-electron chi connectivity index (χ1n) is 9.03. The zero-order valence-electron chi connectivity index (χ0n) is 15.4. The van der Waals surface area contributed by atoms with Crippen molar-refractivity contribution < 1.29 is 9.21 Å². The molecule has 0 saturated heterocycles. The summed E-state index contributed by atoms with van der Waals surface area (Å²) in [6.45, 7) is 8.67. The van der Waals surface area contributed by atoms with E-state index in [0.717, 1.165) is 25.3 Å². The van der Waals surface area contributed by atoms with Crippen molar-refractivity contribution in [2.75, 3.05) is 13.1 Å². The summed E-state index contributed by atoms with van der Waals surface area (Å²) in [6.07, 6.45) is 3.27. The molecular weight excluding hydrogens is 312 g/mol. The number of furan rings is 1. The molecule has 1 aliphatic rings. The highest BCUT2D eigenvalue weighted by Crippen LogP contribution is 2.28. The van der Waals surface area contributed by atoms with Gasteiger partial charge in [-0.2, -0.15) is 0 Å². The third-order valence-corrected chi connectivity index (χ3v) is 4.66. The molecule has 1 aromatic carbocycles. The predicted octanol–water partition coefficient (Wildman–Crippen LogP) is 3.93. The normalized spacial score (nSPS) is 16.3. The molecule has 0 radical (unpaired) electrons.